The predicted molar refractivity (Wildman–Crippen MR) is 85.8 cm³/mol. The van der Waals surface area contributed by atoms with Gasteiger partial charge in [-0.2, -0.15) is 0 Å². The highest BCUT2D eigenvalue weighted by molar-refractivity contribution is 5.47. The Kier molecular flexibility index (Phi) is 6.20. The minimum Gasteiger partial charge on any atom is -0.367 e. The van der Waals surface area contributed by atoms with Crippen molar-refractivity contribution >= 4 is 11.6 Å². The Bertz CT molecular complexity index is 411. The average molecular weight is 279 g/mol. The molecule has 0 radical (unpaired) electrons. The molecule has 0 saturated heterocycles. The first kappa shape index (κ1) is 16.7. The first-order chi connectivity index (χ1) is 9.36. The Morgan fingerprint density at radius 3 is 2.40 bits per heavy atom. The molecule has 0 aliphatic heterocycles. The summed E-state index contributed by atoms with van der Waals surface area (Å²) in [6, 6.07) is 2.25. The van der Waals surface area contributed by atoms with E-state index < -0.39 is 0 Å². The lowest BCUT2D eigenvalue weighted by Gasteiger charge is -2.20. The summed E-state index contributed by atoms with van der Waals surface area (Å²) in [5.74, 6) is 7.76. The lowest BCUT2D eigenvalue weighted by molar-refractivity contribution is 0.545. The molecule has 0 bridgehead atoms. The molecule has 1 atom stereocenters. The van der Waals surface area contributed by atoms with Crippen LogP contribution in [0, 0.1) is 0 Å². The number of hydrogen-bond acceptors (Lipinski definition) is 5. The summed E-state index contributed by atoms with van der Waals surface area (Å²) in [5, 5.41) is 3.44. The summed E-state index contributed by atoms with van der Waals surface area (Å²) in [5.41, 5.74) is 2.51. The Labute approximate surface area is 122 Å². The fourth-order valence-corrected chi connectivity index (χ4v) is 1.96. The van der Waals surface area contributed by atoms with Crippen molar-refractivity contribution < 1.29 is 0 Å². The number of aromatic nitrogens is 2. The van der Waals surface area contributed by atoms with Gasteiger partial charge in [0.25, 0.3) is 0 Å². The molecule has 1 aromatic rings. The van der Waals surface area contributed by atoms with Crippen LogP contribution in [0.3, 0.4) is 0 Å². The highest BCUT2D eigenvalue weighted by Crippen LogP contribution is 2.22. The van der Waals surface area contributed by atoms with Gasteiger partial charge in [0.15, 0.2) is 0 Å². The number of nitrogens with zero attached hydrogens (tertiary/aromatic N) is 2. The molecule has 0 aliphatic rings. The van der Waals surface area contributed by atoms with E-state index in [1.807, 2.05) is 6.07 Å². The second-order valence-electron chi connectivity index (χ2n) is 6.40. The van der Waals surface area contributed by atoms with Crippen LogP contribution in [0.4, 0.5) is 11.6 Å². The van der Waals surface area contributed by atoms with Crippen LogP contribution in [-0.2, 0) is 5.41 Å². The molecule has 0 amide bonds. The largest absolute Gasteiger partial charge is 0.367 e. The van der Waals surface area contributed by atoms with Crippen LogP contribution < -0.4 is 16.6 Å². The topological polar surface area (TPSA) is 75.9 Å². The third kappa shape index (κ3) is 5.33. The Morgan fingerprint density at radius 2 is 1.85 bits per heavy atom. The summed E-state index contributed by atoms with van der Waals surface area (Å²) in [6.45, 7) is 10.7. The van der Waals surface area contributed by atoms with Crippen molar-refractivity contribution in [3.05, 3.63) is 11.9 Å². The summed E-state index contributed by atoms with van der Waals surface area (Å²) >= 11 is 0. The van der Waals surface area contributed by atoms with Crippen LogP contribution in [0.1, 0.15) is 66.1 Å². The number of hydrogen-bond donors (Lipinski definition) is 3. The van der Waals surface area contributed by atoms with Crippen LogP contribution in [0.2, 0.25) is 0 Å². The summed E-state index contributed by atoms with van der Waals surface area (Å²) < 4.78 is 0. The molecule has 0 aliphatic carbocycles. The van der Waals surface area contributed by atoms with Gasteiger partial charge in [0.05, 0.1) is 0 Å². The fraction of sp³-hybridized carbons (Fsp3) is 0.733. The zero-order valence-corrected chi connectivity index (χ0v) is 13.5. The lowest BCUT2D eigenvalue weighted by atomic mass is 9.96. The van der Waals surface area contributed by atoms with Crippen LogP contribution >= 0.6 is 0 Å². The van der Waals surface area contributed by atoms with E-state index in [2.05, 4.69) is 55.3 Å². The average Bonchev–Trinajstić information content (AvgIpc) is 2.37. The van der Waals surface area contributed by atoms with E-state index in [9.17, 15) is 0 Å². The molecule has 1 heterocycles. The molecule has 5 nitrogen and oxygen atoms in total. The smallest absolute Gasteiger partial charge is 0.145 e. The van der Waals surface area contributed by atoms with Crippen molar-refractivity contribution in [2.45, 2.75) is 71.8 Å². The third-order valence-electron chi connectivity index (χ3n) is 3.18. The highest BCUT2D eigenvalue weighted by atomic mass is 15.3. The van der Waals surface area contributed by atoms with E-state index in [0.717, 1.165) is 18.1 Å². The normalized spacial score (nSPS) is 13.1. The van der Waals surface area contributed by atoms with Gasteiger partial charge >= 0.3 is 0 Å². The Morgan fingerprint density at radius 1 is 1.20 bits per heavy atom. The van der Waals surface area contributed by atoms with Crippen LogP contribution in [0.15, 0.2) is 6.07 Å². The molecule has 0 saturated carbocycles. The molecule has 4 N–H and O–H groups in total. The second-order valence-corrected chi connectivity index (χ2v) is 6.40. The number of hydrazine groups is 1. The van der Waals surface area contributed by atoms with Crippen molar-refractivity contribution in [2.75, 3.05) is 10.7 Å². The first-order valence-electron chi connectivity index (χ1n) is 7.49. The summed E-state index contributed by atoms with van der Waals surface area (Å²) in [6.07, 6.45) is 4.91. The van der Waals surface area contributed by atoms with Gasteiger partial charge in [-0.25, -0.2) is 15.8 Å². The zero-order valence-electron chi connectivity index (χ0n) is 13.5. The molecule has 1 rings (SSSR count). The first-order valence-corrected chi connectivity index (χ1v) is 7.49. The number of unbranched alkanes of at least 4 members (excludes halogenated alkanes) is 2. The molecule has 0 spiro atoms. The number of anilines is 2. The van der Waals surface area contributed by atoms with Gasteiger partial charge in [-0.05, 0) is 13.3 Å². The number of rotatable bonds is 7. The van der Waals surface area contributed by atoms with Crippen molar-refractivity contribution in [1.82, 2.24) is 9.97 Å². The predicted octanol–water partition coefficient (Wildman–Crippen LogP) is 3.44. The molecule has 0 fully saturated rings. The minimum atomic E-state index is -0.102. The van der Waals surface area contributed by atoms with Crippen LogP contribution in [0.25, 0.3) is 0 Å². The van der Waals surface area contributed by atoms with Gasteiger partial charge < -0.3 is 10.7 Å². The van der Waals surface area contributed by atoms with Crippen molar-refractivity contribution in [3.8, 4) is 0 Å². The van der Waals surface area contributed by atoms with E-state index in [1.165, 1.54) is 19.3 Å². The molecular formula is C15H29N5. The van der Waals surface area contributed by atoms with Gasteiger partial charge in [0.2, 0.25) is 0 Å². The van der Waals surface area contributed by atoms with Crippen LogP contribution in [-0.4, -0.2) is 16.0 Å². The van der Waals surface area contributed by atoms with Crippen molar-refractivity contribution in [2.24, 2.45) is 5.84 Å². The molecule has 114 valence electrons. The van der Waals surface area contributed by atoms with E-state index in [4.69, 9.17) is 5.84 Å². The van der Waals surface area contributed by atoms with Gasteiger partial charge in [-0.15, -0.1) is 0 Å². The van der Waals surface area contributed by atoms with Crippen molar-refractivity contribution in [1.29, 1.82) is 0 Å². The maximum absolute atomic E-state index is 5.49. The molecule has 1 unspecified atom stereocenters. The van der Waals surface area contributed by atoms with Gasteiger partial charge in [-0.3, -0.25) is 0 Å². The van der Waals surface area contributed by atoms with Gasteiger partial charge in [0, 0.05) is 17.5 Å². The summed E-state index contributed by atoms with van der Waals surface area (Å²) in [7, 11) is 0. The van der Waals surface area contributed by atoms with Crippen molar-refractivity contribution in [3.63, 3.8) is 0 Å². The maximum atomic E-state index is 5.49. The zero-order chi connectivity index (χ0) is 15.2. The fourth-order valence-electron chi connectivity index (χ4n) is 1.96. The standard InChI is InChI=1S/C15H29N5/c1-6-7-8-9-11(2)17-12-10-13(20-16)19-14(18-12)15(3,4)5/h10-11H,6-9,16H2,1-5H3,(H2,17,18,19,20). The van der Waals surface area contributed by atoms with E-state index >= 15 is 0 Å². The third-order valence-corrected chi connectivity index (χ3v) is 3.18. The Hall–Kier alpha value is -1.36. The second kappa shape index (κ2) is 7.43. The quantitative estimate of drug-likeness (QED) is 0.405. The molecule has 5 heteroatoms. The number of nitrogens with two attached hydrogens (primary N) is 1. The maximum Gasteiger partial charge on any atom is 0.145 e. The summed E-state index contributed by atoms with van der Waals surface area (Å²) in [4.78, 5) is 9.02. The SMILES string of the molecule is CCCCCC(C)Nc1cc(NN)nc(C(C)(C)C)n1. The molecule has 20 heavy (non-hydrogen) atoms. The minimum absolute atomic E-state index is 0.102. The molecule has 0 aromatic carbocycles. The van der Waals surface area contributed by atoms with E-state index in [-0.39, 0.29) is 5.41 Å². The molecule has 1 aromatic heterocycles. The highest BCUT2D eigenvalue weighted by Gasteiger charge is 2.19. The lowest BCUT2D eigenvalue weighted by Crippen LogP contribution is -2.22. The van der Waals surface area contributed by atoms with E-state index in [1.54, 1.807) is 0 Å². The molecular weight excluding hydrogens is 250 g/mol. The number of nitrogens with one attached hydrogen (secondary N) is 2. The van der Waals surface area contributed by atoms with E-state index in [0.29, 0.717) is 11.9 Å². The Balaban J connectivity index is 2.78. The van der Waals surface area contributed by atoms with Gasteiger partial charge in [-0.1, -0.05) is 47.0 Å². The number of nitrogen functional groups attached to an aromatic ring is 1. The van der Waals surface area contributed by atoms with Crippen LogP contribution in [0.5, 0.6) is 0 Å². The monoisotopic (exact) mass is 279 g/mol. The van der Waals surface area contributed by atoms with Gasteiger partial charge in [0.1, 0.15) is 17.5 Å².